The van der Waals surface area contributed by atoms with Gasteiger partial charge in [-0.1, -0.05) is 19.3 Å². The van der Waals surface area contributed by atoms with Crippen LogP contribution in [-0.2, 0) is 0 Å². The van der Waals surface area contributed by atoms with E-state index in [9.17, 15) is 0 Å². The smallest absolute Gasteiger partial charge is 0.00724 e. The van der Waals surface area contributed by atoms with Crippen molar-refractivity contribution in [1.29, 1.82) is 0 Å². The van der Waals surface area contributed by atoms with Gasteiger partial charge in [0.2, 0.25) is 0 Å². The Kier molecular flexibility index (Phi) is 2.08. The van der Waals surface area contributed by atoms with E-state index in [-0.39, 0.29) is 0 Å². The van der Waals surface area contributed by atoms with E-state index in [4.69, 9.17) is 0 Å². The monoisotopic (exact) mass is 179 g/mol. The van der Waals surface area contributed by atoms with Crippen molar-refractivity contribution in [3.63, 3.8) is 0 Å². The van der Waals surface area contributed by atoms with Crippen LogP contribution >= 0.6 is 0 Å². The van der Waals surface area contributed by atoms with E-state index in [0.29, 0.717) is 0 Å². The Bertz CT molecular complexity index is 186. The molecule has 0 saturated heterocycles. The van der Waals surface area contributed by atoms with Crippen LogP contribution in [0.4, 0.5) is 0 Å². The van der Waals surface area contributed by atoms with Crippen molar-refractivity contribution in [3.05, 3.63) is 0 Å². The van der Waals surface area contributed by atoms with Crippen molar-refractivity contribution in [2.75, 3.05) is 0 Å². The van der Waals surface area contributed by atoms with Gasteiger partial charge in [-0.05, 0) is 43.9 Å². The van der Waals surface area contributed by atoms with Crippen LogP contribution in [0.15, 0.2) is 0 Å². The van der Waals surface area contributed by atoms with Crippen LogP contribution < -0.4 is 5.32 Å². The Labute approximate surface area is 81.3 Å². The maximum absolute atomic E-state index is 3.81. The lowest BCUT2D eigenvalue weighted by Gasteiger charge is -2.32. The maximum atomic E-state index is 3.81. The molecule has 0 aromatic heterocycles. The van der Waals surface area contributed by atoms with Crippen LogP contribution in [0, 0.1) is 11.8 Å². The molecule has 1 nitrogen and oxygen atoms in total. The minimum Gasteiger partial charge on any atom is -0.311 e. The van der Waals surface area contributed by atoms with Crippen molar-refractivity contribution in [1.82, 2.24) is 5.32 Å². The van der Waals surface area contributed by atoms with Gasteiger partial charge in [-0.15, -0.1) is 0 Å². The second-order valence-electron chi connectivity index (χ2n) is 5.40. The molecule has 0 amide bonds. The molecule has 0 bridgehead atoms. The SMILES string of the molecule is C1CC2CCC(NC3CC3)CC2C1. The lowest BCUT2D eigenvalue weighted by molar-refractivity contribution is 0.225. The highest BCUT2D eigenvalue weighted by Crippen LogP contribution is 2.42. The summed E-state index contributed by atoms with van der Waals surface area (Å²) in [5.74, 6) is 2.22. The molecule has 1 heteroatoms. The molecule has 3 aliphatic carbocycles. The zero-order valence-electron chi connectivity index (χ0n) is 8.47. The molecule has 3 rings (SSSR count). The zero-order chi connectivity index (χ0) is 8.67. The van der Waals surface area contributed by atoms with Gasteiger partial charge in [-0.25, -0.2) is 0 Å². The fourth-order valence-corrected chi connectivity index (χ4v) is 3.44. The average Bonchev–Trinajstić information content (AvgIpc) is 2.83. The Morgan fingerprint density at radius 2 is 1.46 bits per heavy atom. The Morgan fingerprint density at radius 1 is 0.692 bits per heavy atom. The van der Waals surface area contributed by atoms with Crippen molar-refractivity contribution < 1.29 is 0 Å². The molecule has 3 saturated carbocycles. The van der Waals surface area contributed by atoms with Gasteiger partial charge in [-0.3, -0.25) is 0 Å². The highest BCUT2D eigenvalue weighted by molar-refractivity contribution is 4.91. The third-order valence-corrected chi connectivity index (χ3v) is 4.34. The van der Waals surface area contributed by atoms with Crippen LogP contribution in [0.3, 0.4) is 0 Å². The van der Waals surface area contributed by atoms with E-state index >= 15 is 0 Å². The van der Waals surface area contributed by atoms with Gasteiger partial charge >= 0.3 is 0 Å². The van der Waals surface area contributed by atoms with Gasteiger partial charge < -0.3 is 5.32 Å². The number of fused-ring (bicyclic) bond motifs is 1. The predicted octanol–water partition coefficient (Wildman–Crippen LogP) is 2.71. The maximum Gasteiger partial charge on any atom is 0.00724 e. The first kappa shape index (κ1) is 8.28. The first-order valence-electron chi connectivity index (χ1n) is 6.18. The Balaban J connectivity index is 1.54. The third kappa shape index (κ3) is 1.76. The molecule has 3 aliphatic rings. The van der Waals surface area contributed by atoms with Gasteiger partial charge in [0.25, 0.3) is 0 Å². The summed E-state index contributed by atoms with van der Waals surface area (Å²) < 4.78 is 0. The minimum absolute atomic E-state index is 0.895. The van der Waals surface area contributed by atoms with Crippen molar-refractivity contribution in [2.45, 2.75) is 63.5 Å². The fraction of sp³-hybridized carbons (Fsp3) is 1.00. The van der Waals surface area contributed by atoms with Crippen LogP contribution in [0.1, 0.15) is 51.4 Å². The molecular formula is C12H21N. The van der Waals surface area contributed by atoms with E-state index in [0.717, 1.165) is 23.9 Å². The largest absolute Gasteiger partial charge is 0.311 e. The highest BCUT2D eigenvalue weighted by atomic mass is 15.0. The summed E-state index contributed by atoms with van der Waals surface area (Å²) in [7, 11) is 0. The summed E-state index contributed by atoms with van der Waals surface area (Å²) in [6.07, 6.45) is 12.0. The van der Waals surface area contributed by atoms with Crippen molar-refractivity contribution in [3.8, 4) is 0 Å². The second kappa shape index (κ2) is 3.27. The molecule has 0 aliphatic heterocycles. The van der Waals surface area contributed by atoms with Gasteiger partial charge in [0, 0.05) is 12.1 Å². The third-order valence-electron chi connectivity index (χ3n) is 4.34. The molecule has 0 radical (unpaired) electrons. The predicted molar refractivity (Wildman–Crippen MR) is 54.6 cm³/mol. The molecule has 74 valence electrons. The molecule has 1 N–H and O–H groups in total. The van der Waals surface area contributed by atoms with E-state index in [1.165, 1.54) is 44.9 Å². The highest BCUT2D eigenvalue weighted by Gasteiger charge is 2.35. The van der Waals surface area contributed by atoms with Gasteiger partial charge in [0.1, 0.15) is 0 Å². The van der Waals surface area contributed by atoms with Crippen LogP contribution in [0.25, 0.3) is 0 Å². The van der Waals surface area contributed by atoms with E-state index in [1.54, 1.807) is 6.42 Å². The van der Waals surface area contributed by atoms with Crippen LogP contribution in [0.5, 0.6) is 0 Å². The number of rotatable bonds is 2. The fourth-order valence-electron chi connectivity index (χ4n) is 3.44. The quantitative estimate of drug-likeness (QED) is 0.687. The molecule has 3 fully saturated rings. The number of nitrogens with one attached hydrogen (secondary N) is 1. The van der Waals surface area contributed by atoms with Crippen molar-refractivity contribution in [2.24, 2.45) is 11.8 Å². The molecule has 3 atom stereocenters. The summed E-state index contributed by atoms with van der Waals surface area (Å²) in [6.45, 7) is 0. The molecular weight excluding hydrogens is 158 g/mol. The lowest BCUT2D eigenvalue weighted by atomic mass is 9.79. The molecule has 0 aromatic rings. The molecule has 0 heterocycles. The van der Waals surface area contributed by atoms with E-state index in [2.05, 4.69) is 5.32 Å². The lowest BCUT2D eigenvalue weighted by Crippen LogP contribution is -2.37. The van der Waals surface area contributed by atoms with Gasteiger partial charge in [-0.2, -0.15) is 0 Å². The standard InChI is InChI=1S/C12H21N/c1-2-9-4-5-12(8-10(9)3-1)13-11-6-7-11/h9-13H,1-8H2. The van der Waals surface area contributed by atoms with Crippen molar-refractivity contribution >= 4 is 0 Å². The molecule has 0 spiro atoms. The summed E-state index contributed by atoms with van der Waals surface area (Å²) in [5, 5.41) is 3.81. The Hall–Kier alpha value is -0.0400. The van der Waals surface area contributed by atoms with Gasteiger partial charge in [0.15, 0.2) is 0 Å². The first-order valence-corrected chi connectivity index (χ1v) is 6.18. The number of hydrogen-bond acceptors (Lipinski definition) is 1. The first-order chi connectivity index (χ1) is 6.42. The molecule has 3 unspecified atom stereocenters. The summed E-state index contributed by atoms with van der Waals surface area (Å²) in [4.78, 5) is 0. The molecule has 13 heavy (non-hydrogen) atoms. The van der Waals surface area contributed by atoms with E-state index < -0.39 is 0 Å². The van der Waals surface area contributed by atoms with Crippen LogP contribution in [-0.4, -0.2) is 12.1 Å². The minimum atomic E-state index is 0.895. The summed E-state index contributed by atoms with van der Waals surface area (Å²) in [6, 6.07) is 1.81. The van der Waals surface area contributed by atoms with E-state index in [1.807, 2.05) is 0 Å². The second-order valence-corrected chi connectivity index (χ2v) is 5.40. The topological polar surface area (TPSA) is 12.0 Å². The van der Waals surface area contributed by atoms with Gasteiger partial charge in [0.05, 0.1) is 0 Å². The number of hydrogen-bond donors (Lipinski definition) is 1. The Morgan fingerprint density at radius 3 is 2.31 bits per heavy atom. The summed E-state index contributed by atoms with van der Waals surface area (Å²) >= 11 is 0. The normalized spacial score (nSPS) is 44.8. The average molecular weight is 179 g/mol. The molecule has 0 aromatic carbocycles. The summed E-state index contributed by atoms with van der Waals surface area (Å²) in [5.41, 5.74) is 0. The zero-order valence-corrected chi connectivity index (χ0v) is 8.47. The van der Waals surface area contributed by atoms with Crippen LogP contribution in [0.2, 0.25) is 0 Å².